The van der Waals surface area contributed by atoms with Crippen LogP contribution >= 0.6 is 12.9 Å². The number of carbonyl (C=O) groups excluding carboxylic acids is 2. The topological polar surface area (TPSA) is 55.8 Å². The molecule has 0 aromatic heterocycles. The van der Waals surface area contributed by atoms with Crippen LogP contribution in [0.3, 0.4) is 0 Å². The Morgan fingerprint density at radius 1 is 1.38 bits per heavy atom. The summed E-state index contributed by atoms with van der Waals surface area (Å²) in [5.74, 6) is -0.261. The quantitative estimate of drug-likeness (QED) is 0.459. The lowest BCUT2D eigenvalue weighted by Crippen LogP contribution is -2.32. The summed E-state index contributed by atoms with van der Waals surface area (Å²) in [7, 11) is 1.54. The smallest absolute Gasteiger partial charge is 0.421 e. The number of ether oxygens (including phenoxy) is 1. The fourth-order valence-corrected chi connectivity index (χ4v) is 0.915. The fraction of sp³-hybridized carbons (Fsp3) is 0.800. The van der Waals surface area contributed by atoms with Gasteiger partial charge in [-0.2, -0.15) is 0 Å². The van der Waals surface area contributed by atoms with Crippen molar-refractivity contribution in [2.24, 2.45) is 5.41 Å². The maximum atomic E-state index is 11.5. The Bertz CT molecular complexity index is 255. The molecular formula is C10H19NO4S. The van der Waals surface area contributed by atoms with Crippen LogP contribution in [0.4, 0.5) is 4.79 Å². The molecule has 0 saturated carbocycles. The monoisotopic (exact) mass is 249 g/mol. The summed E-state index contributed by atoms with van der Waals surface area (Å²) >= 11 is 3.38. The molecule has 0 aliphatic heterocycles. The molecule has 0 rings (SSSR count). The minimum Gasteiger partial charge on any atom is -0.463 e. The Balaban J connectivity index is 3.91. The van der Waals surface area contributed by atoms with E-state index in [1.54, 1.807) is 0 Å². The van der Waals surface area contributed by atoms with Crippen LogP contribution < -0.4 is 0 Å². The third-order valence-corrected chi connectivity index (χ3v) is 2.64. The van der Waals surface area contributed by atoms with Crippen LogP contribution in [-0.4, -0.2) is 37.2 Å². The molecule has 94 valence electrons. The van der Waals surface area contributed by atoms with Crippen molar-refractivity contribution in [3.8, 4) is 0 Å². The summed E-state index contributed by atoms with van der Waals surface area (Å²) in [5.41, 5.74) is -0.484. The van der Waals surface area contributed by atoms with Crippen molar-refractivity contribution >= 4 is 25.0 Å². The standard InChI is InChI=1S/C10H19NO4S/c1-5-10(2,3)8(12)14-7-6-11(4)9(13)15-16/h16H,5-7H2,1-4H3. The predicted molar refractivity (Wildman–Crippen MR) is 63.1 cm³/mol. The van der Waals surface area contributed by atoms with Gasteiger partial charge in [-0.15, -0.1) is 0 Å². The van der Waals surface area contributed by atoms with Gasteiger partial charge in [0.2, 0.25) is 0 Å². The molecule has 0 heterocycles. The second-order valence-corrected chi connectivity index (χ2v) is 4.33. The Morgan fingerprint density at radius 2 is 1.94 bits per heavy atom. The first-order valence-electron chi connectivity index (χ1n) is 5.09. The van der Waals surface area contributed by atoms with Crippen LogP contribution in [0.2, 0.25) is 0 Å². The summed E-state index contributed by atoms with van der Waals surface area (Å²) < 4.78 is 9.25. The van der Waals surface area contributed by atoms with E-state index in [0.717, 1.165) is 0 Å². The third-order valence-electron chi connectivity index (χ3n) is 2.49. The van der Waals surface area contributed by atoms with Crippen LogP contribution in [0.25, 0.3) is 0 Å². The lowest BCUT2D eigenvalue weighted by atomic mass is 9.91. The van der Waals surface area contributed by atoms with Crippen molar-refractivity contribution in [2.45, 2.75) is 27.2 Å². The van der Waals surface area contributed by atoms with E-state index < -0.39 is 11.5 Å². The van der Waals surface area contributed by atoms with Gasteiger partial charge in [-0.25, -0.2) is 4.79 Å². The van der Waals surface area contributed by atoms with Crippen LogP contribution in [0.15, 0.2) is 0 Å². The summed E-state index contributed by atoms with van der Waals surface area (Å²) in [5, 5.41) is 0. The molecule has 0 N–H and O–H groups in total. The van der Waals surface area contributed by atoms with E-state index in [1.807, 2.05) is 20.8 Å². The number of rotatable bonds is 5. The molecular weight excluding hydrogens is 230 g/mol. The molecule has 0 aromatic rings. The Hall–Kier alpha value is -0.910. The summed E-state index contributed by atoms with van der Waals surface area (Å²) in [6.45, 7) is 6.00. The normalized spacial score (nSPS) is 10.8. The van der Waals surface area contributed by atoms with Gasteiger partial charge >= 0.3 is 12.1 Å². The number of nitrogens with zero attached hydrogens (tertiary/aromatic N) is 1. The van der Waals surface area contributed by atoms with Crippen molar-refractivity contribution in [2.75, 3.05) is 20.2 Å². The van der Waals surface area contributed by atoms with E-state index in [4.69, 9.17) is 4.74 Å². The summed E-state index contributed by atoms with van der Waals surface area (Å²) in [6, 6.07) is 0. The van der Waals surface area contributed by atoms with Gasteiger partial charge in [0.05, 0.1) is 12.0 Å². The van der Waals surface area contributed by atoms with E-state index in [-0.39, 0.29) is 19.1 Å². The predicted octanol–water partition coefficient (Wildman–Crippen LogP) is 1.88. The first-order valence-corrected chi connectivity index (χ1v) is 5.45. The molecule has 0 atom stereocenters. The van der Waals surface area contributed by atoms with E-state index >= 15 is 0 Å². The van der Waals surface area contributed by atoms with Gasteiger partial charge in [-0.05, 0) is 20.3 Å². The van der Waals surface area contributed by atoms with Crippen molar-refractivity contribution in [3.63, 3.8) is 0 Å². The zero-order chi connectivity index (χ0) is 12.8. The number of carbonyl (C=O) groups is 2. The number of hydrogen-bond donors (Lipinski definition) is 1. The lowest BCUT2D eigenvalue weighted by Gasteiger charge is -2.21. The van der Waals surface area contributed by atoms with Gasteiger partial charge < -0.3 is 13.8 Å². The lowest BCUT2D eigenvalue weighted by molar-refractivity contribution is -0.154. The van der Waals surface area contributed by atoms with Crippen molar-refractivity contribution in [1.82, 2.24) is 4.90 Å². The van der Waals surface area contributed by atoms with Gasteiger partial charge in [-0.1, -0.05) is 6.92 Å². The van der Waals surface area contributed by atoms with Crippen LogP contribution in [-0.2, 0) is 13.7 Å². The molecule has 0 aromatic carbocycles. The van der Waals surface area contributed by atoms with Gasteiger partial charge in [0.15, 0.2) is 0 Å². The molecule has 5 nitrogen and oxygen atoms in total. The second-order valence-electron chi connectivity index (χ2n) is 4.15. The third kappa shape index (κ3) is 4.74. The Kier molecular flexibility index (Phi) is 6.25. The molecule has 0 radical (unpaired) electrons. The molecule has 16 heavy (non-hydrogen) atoms. The number of hydrogen-bond acceptors (Lipinski definition) is 5. The Labute approximate surface area is 102 Å². The van der Waals surface area contributed by atoms with Crippen LogP contribution in [0.1, 0.15) is 27.2 Å². The van der Waals surface area contributed by atoms with Gasteiger partial charge in [0, 0.05) is 20.0 Å². The molecule has 1 amide bonds. The number of esters is 1. The molecule has 0 aliphatic carbocycles. The van der Waals surface area contributed by atoms with Crippen LogP contribution in [0, 0.1) is 5.41 Å². The molecule has 6 heteroatoms. The number of amides is 1. The minimum atomic E-state index is -0.575. The first-order chi connectivity index (χ1) is 7.35. The van der Waals surface area contributed by atoms with E-state index in [0.29, 0.717) is 6.42 Å². The zero-order valence-electron chi connectivity index (χ0n) is 10.1. The van der Waals surface area contributed by atoms with Gasteiger partial charge in [-0.3, -0.25) is 4.79 Å². The second kappa shape index (κ2) is 6.62. The van der Waals surface area contributed by atoms with Crippen molar-refractivity contribution in [3.05, 3.63) is 0 Å². The van der Waals surface area contributed by atoms with Gasteiger partial charge in [0.1, 0.15) is 6.61 Å². The molecule has 0 saturated heterocycles. The average Bonchev–Trinajstić information content (AvgIpc) is 2.27. The molecule has 0 bridgehead atoms. The molecule has 0 unspecified atom stereocenters. The maximum absolute atomic E-state index is 11.5. The van der Waals surface area contributed by atoms with Crippen molar-refractivity contribution in [1.29, 1.82) is 0 Å². The van der Waals surface area contributed by atoms with E-state index in [2.05, 4.69) is 17.1 Å². The first kappa shape index (κ1) is 15.1. The highest BCUT2D eigenvalue weighted by molar-refractivity contribution is 7.75. The molecule has 0 aliphatic rings. The van der Waals surface area contributed by atoms with Crippen LogP contribution in [0.5, 0.6) is 0 Å². The van der Waals surface area contributed by atoms with Gasteiger partial charge in [0.25, 0.3) is 0 Å². The maximum Gasteiger partial charge on any atom is 0.421 e. The number of thiol groups is 1. The number of likely N-dealkylation sites (N-methyl/N-ethyl adjacent to an activating group) is 1. The van der Waals surface area contributed by atoms with E-state index in [1.165, 1.54) is 11.9 Å². The summed E-state index contributed by atoms with van der Waals surface area (Å²) in [6.07, 6.45) is 0.134. The van der Waals surface area contributed by atoms with Crippen molar-refractivity contribution < 1.29 is 18.5 Å². The SMILES string of the molecule is CCC(C)(C)C(=O)OCCN(C)C(=O)OS. The highest BCUT2D eigenvalue weighted by Crippen LogP contribution is 2.21. The highest BCUT2D eigenvalue weighted by Gasteiger charge is 2.27. The summed E-state index contributed by atoms with van der Waals surface area (Å²) in [4.78, 5) is 23.7. The van der Waals surface area contributed by atoms with E-state index in [9.17, 15) is 9.59 Å². The fourth-order valence-electron chi connectivity index (χ4n) is 0.776. The largest absolute Gasteiger partial charge is 0.463 e. The molecule has 0 spiro atoms. The Morgan fingerprint density at radius 3 is 2.38 bits per heavy atom. The molecule has 0 fully saturated rings. The zero-order valence-corrected chi connectivity index (χ0v) is 11.0. The highest BCUT2D eigenvalue weighted by atomic mass is 32.1. The minimum absolute atomic E-state index is 0.154. The average molecular weight is 249 g/mol.